The molecule has 1 aliphatic rings. The number of carbonyl (C=O) groups is 1. The highest BCUT2D eigenvalue weighted by atomic mass is 16.1. The largest absolute Gasteiger partial charge is 0.341 e. The van der Waals surface area contributed by atoms with Gasteiger partial charge in [0.15, 0.2) is 0 Å². The molecule has 98 valence electrons. The van der Waals surface area contributed by atoms with E-state index in [1.807, 2.05) is 38.1 Å². The van der Waals surface area contributed by atoms with Crippen LogP contribution in [0.4, 0.5) is 0 Å². The molecule has 2 heteroatoms. The molecule has 2 nitrogen and oxygen atoms in total. The second-order valence-corrected chi connectivity index (χ2v) is 5.64. The van der Waals surface area contributed by atoms with Crippen molar-refractivity contribution in [2.45, 2.75) is 39.7 Å². The van der Waals surface area contributed by atoms with E-state index in [-0.39, 0.29) is 5.78 Å². The molecular weight excluding hydrogens is 234 g/mol. The van der Waals surface area contributed by atoms with Crippen LogP contribution < -0.4 is 0 Å². The Morgan fingerprint density at radius 1 is 1.21 bits per heavy atom. The maximum absolute atomic E-state index is 12.7. The van der Waals surface area contributed by atoms with E-state index < -0.39 is 0 Å². The molecule has 0 radical (unpaired) electrons. The van der Waals surface area contributed by atoms with Crippen LogP contribution in [0.5, 0.6) is 0 Å². The Labute approximate surface area is 114 Å². The molecule has 0 aliphatic carbocycles. The van der Waals surface area contributed by atoms with E-state index in [0.29, 0.717) is 5.92 Å². The first-order valence-electron chi connectivity index (χ1n) is 6.89. The first kappa shape index (κ1) is 12.2. The van der Waals surface area contributed by atoms with Crippen molar-refractivity contribution in [2.24, 2.45) is 0 Å². The first-order valence-corrected chi connectivity index (χ1v) is 6.89. The fraction of sp³-hybridized carbons (Fsp3) is 0.353. The highest BCUT2D eigenvalue weighted by Crippen LogP contribution is 2.32. The predicted molar refractivity (Wildman–Crippen MR) is 76.8 cm³/mol. The van der Waals surface area contributed by atoms with Crippen LogP contribution in [0.3, 0.4) is 0 Å². The Bertz CT molecular complexity index is 634. The summed E-state index contributed by atoms with van der Waals surface area (Å²) in [5.41, 5.74) is 5.26. The lowest BCUT2D eigenvalue weighted by Crippen LogP contribution is -2.10. The summed E-state index contributed by atoms with van der Waals surface area (Å²) < 4.78 is 2.21. The van der Waals surface area contributed by atoms with Crippen LogP contribution in [0.15, 0.2) is 30.3 Å². The van der Waals surface area contributed by atoms with Crippen molar-refractivity contribution in [3.05, 3.63) is 58.4 Å². The van der Waals surface area contributed by atoms with Crippen molar-refractivity contribution in [2.75, 3.05) is 0 Å². The molecule has 2 aromatic rings. The summed E-state index contributed by atoms with van der Waals surface area (Å²) in [6.07, 6.45) is 1.14. The SMILES string of the molecule is Cc1ccc(C(=O)c2c(C)cc3n2CCC3C)cc1. The van der Waals surface area contributed by atoms with E-state index in [1.165, 1.54) is 11.3 Å². The van der Waals surface area contributed by atoms with Gasteiger partial charge in [0.05, 0.1) is 5.69 Å². The molecule has 1 unspecified atom stereocenters. The van der Waals surface area contributed by atoms with Gasteiger partial charge in [-0.2, -0.15) is 0 Å². The van der Waals surface area contributed by atoms with E-state index in [9.17, 15) is 4.79 Å². The van der Waals surface area contributed by atoms with Gasteiger partial charge in [-0.05, 0) is 37.8 Å². The van der Waals surface area contributed by atoms with Crippen LogP contribution in [-0.2, 0) is 6.54 Å². The normalized spacial score (nSPS) is 17.5. The van der Waals surface area contributed by atoms with Gasteiger partial charge in [0, 0.05) is 17.8 Å². The Hall–Kier alpha value is -1.83. The molecule has 1 aliphatic heterocycles. The predicted octanol–water partition coefficient (Wildman–Crippen LogP) is 3.84. The minimum atomic E-state index is 0.151. The zero-order valence-electron chi connectivity index (χ0n) is 11.7. The van der Waals surface area contributed by atoms with Crippen molar-refractivity contribution in [1.29, 1.82) is 0 Å². The van der Waals surface area contributed by atoms with Gasteiger partial charge in [-0.1, -0.05) is 36.8 Å². The number of nitrogens with zero attached hydrogens (tertiary/aromatic N) is 1. The molecule has 1 atom stereocenters. The van der Waals surface area contributed by atoms with Gasteiger partial charge in [-0.3, -0.25) is 4.79 Å². The lowest BCUT2D eigenvalue weighted by molar-refractivity contribution is 0.103. The molecule has 2 heterocycles. The van der Waals surface area contributed by atoms with Gasteiger partial charge in [-0.25, -0.2) is 0 Å². The summed E-state index contributed by atoms with van der Waals surface area (Å²) in [6, 6.07) is 10.0. The minimum absolute atomic E-state index is 0.151. The summed E-state index contributed by atoms with van der Waals surface area (Å²) in [7, 11) is 0. The van der Waals surface area contributed by atoms with Gasteiger partial charge in [0.2, 0.25) is 5.78 Å². The number of rotatable bonds is 2. The summed E-state index contributed by atoms with van der Waals surface area (Å²) in [5.74, 6) is 0.719. The molecule has 0 fully saturated rings. The average Bonchev–Trinajstić information content (AvgIpc) is 2.89. The number of ketones is 1. The minimum Gasteiger partial charge on any atom is -0.341 e. The van der Waals surface area contributed by atoms with Crippen LogP contribution in [0.2, 0.25) is 0 Å². The smallest absolute Gasteiger partial charge is 0.209 e. The zero-order chi connectivity index (χ0) is 13.6. The number of benzene rings is 1. The Morgan fingerprint density at radius 3 is 2.58 bits per heavy atom. The van der Waals surface area contributed by atoms with Crippen LogP contribution in [0, 0.1) is 13.8 Å². The summed E-state index contributed by atoms with van der Waals surface area (Å²) in [6.45, 7) is 7.28. The number of hydrogen-bond acceptors (Lipinski definition) is 1. The average molecular weight is 253 g/mol. The summed E-state index contributed by atoms with van der Waals surface area (Å²) in [5, 5.41) is 0. The van der Waals surface area contributed by atoms with Crippen molar-refractivity contribution in [1.82, 2.24) is 4.57 Å². The van der Waals surface area contributed by atoms with E-state index in [2.05, 4.69) is 17.6 Å². The molecule has 19 heavy (non-hydrogen) atoms. The number of hydrogen-bond donors (Lipinski definition) is 0. The van der Waals surface area contributed by atoms with Crippen LogP contribution in [0.25, 0.3) is 0 Å². The van der Waals surface area contributed by atoms with Crippen LogP contribution in [0.1, 0.15) is 52.1 Å². The quantitative estimate of drug-likeness (QED) is 0.745. The molecule has 0 saturated carbocycles. The van der Waals surface area contributed by atoms with Gasteiger partial charge in [-0.15, -0.1) is 0 Å². The summed E-state index contributed by atoms with van der Waals surface area (Å²) >= 11 is 0. The van der Waals surface area contributed by atoms with Crippen LogP contribution in [-0.4, -0.2) is 10.4 Å². The highest BCUT2D eigenvalue weighted by molar-refractivity contribution is 6.09. The van der Waals surface area contributed by atoms with E-state index in [1.54, 1.807) is 0 Å². The summed E-state index contributed by atoms with van der Waals surface area (Å²) in [4.78, 5) is 12.7. The number of carbonyl (C=O) groups excluding carboxylic acids is 1. The Balaban J connectivity index is 2.05. The molecule has 0 N–H and O–H groups in total. The standard InChI is InChI=1S/C17H19NO/c1-11-4-6-14(7-5-11)17(19)16-13(3)10-15-12(2)8-9-18(15)16/h4-7,10,12H,8-9H2,1-3H3. The Kier molecular flexibility index (Phi) is 2.81. The Morgan fingerprint density at radius 2 is 1.89 bits per heavy atom. The van der Waals surface area contributed by atoms with Gasteiger partial charge < -0.3 is 4.57 Å². The van der Waals surface area contributed by atoms with E-state index in [4.69, 9.17) is 0 Å². The molecule has 0 bridgehead atoms. The van der Waals surface area contributed by atoms with Crippen molar-refractivity contribution in [3.8, 4) is 0 Å². The maximum atomic E-state index is 12.7. The maximum Gasteiger partial charge on any atom is 0.209 e. The first-order chi connectivity index (χ1) is 9.08. The third-order valence-corrected chi connectivity index (χ3v) is 4.14. The number of aromatic nitrogens is 1. The monoisotopic (exact) mass is 253 g/mol. The lowest BCUT2D eigenvalue weighted by atomic mass is 10.0. The number of fused-ring (bicyclic) bond motifs is 1. The number of aryl methyl sites for hydroxylation is 2. The van der Waals surface area contributed by atoms with E-state index in [0.717, 1.165) is 29.8 Å². The fourth-order valence-corrected chi connectivity index (χ4v) is 2.97. The van der Waals surface area contributed by atoms with Crippen molar-refractivity contribution in [3.63, 3.8) is 0 Å². The van der Waals surface area contributed by atoms with Crippen LogP contribution >= 0.6 is 0 Å². The lowest BCUT2D eigenvalue weighted by Gasteiger charge is -2.07. The van der Waals surface area contributed by atoms with Gasteiger partial charge in [0.1, 0.15) is 0 Å². The second-order valence-electron chi connectivity index (χ2n) is 5.64. The molecule has 1 aromatic heterocycles. The van der Waals surface area contributed by atoms with Gasteiger partial charge >= 0.3 is 0 Å². The van der Waals surface area contributed by atoms with Crippen molar-refractivity contribution < 1.29 is 4.79 Å². The molecule has 1 aromatic carbocycles. The molecule has 3 rings (SSSR count). The zero-order valence-corrected chi connectivity index (χ0v) is 11.7. The second kappa shape index (κ2) is 4.37. The fourth-order valence-electron chi connectivity index (χ4n) is 2.97. The topological polar surface area (TPSA) is 22.0 Å². The molecule has 0 spiro atoms. The molecule has 0 amide bonds. The highest BCUT2D eigenvalue weighted by Gasteiger charge is 2.26. The third kappa shape index (κ3) is 1.92. The third-order valence-electron chi connectivity index (χ3n) is 4.14. The van der Waals surface area contributed by atoms with Gasteiger partial charge in [0.25, 0.3) is 0 Å². The molecule has 0 saturated heterocycles. The molecular formula is C17H19NO. The van der Waals surface area contributed by atoms with Crippen molar-refractivity contribution >= 4 is 5.78 Å². The van der Waals surface area contributed by atoms with E-state index >= 15 is 0 Å².